The molecule has 2 saturated heterocycles. The predicted octanol–water partition coefficient (Wildman–Crippen LogP) is 3.82. The number of nitrogens with zero attached hydrogens (tertiary/aromatic N) is 2. The van der Waals surface area contributed by atoms with Crippen LogP contribution in [0, 0.1) is 0 Å². The number of primary amides is 1. The van der Waals surface area contributed by atoms with Crippen LogP contribution in [0.15, 0.2) is 42.5 Å². The van der Waals surface area contributed by atoms with Crippen LogP contribution in [0.3, 0.4) is 0 Å². The van der Waals surface area contributed by atoms with Crippen molar-refractivity contribution in [2.75, 3.05) is 53.2 Å². The molecule has 2 aromatic carbocycles. The number of hydrogen-bond donors (Lipinski definition) is 3. The van der Waals surface area contributed by atoms with Crippen LogP contribution in [0.5, 0.6) is 0 Å². The first-order valence-electron chi connectivity index (χ1n) is 11.7. The molecule has 4 rings (SSSR count). The van der Waals surface area contributed by atoms with Gasteiger partial charge in [0.15, 0.2) is 0 Å². The molecule has 7 nitrogen and oxygen atoms in total. The zero-order valence-electron chi connectivity index (χ0n) is 18.6. The summed E-state index contributed by atoms with van der Waals surface area (Å²) in [6, 6.07) is 13.6. The van der Waals surface area contributed by atoms with Crippen LogP contribution in [-0.4, -0.2) is 44.5 Å². The third-order valence-electron chi connectivity index (χ3n) is 6.30. The molecule has 2 aliphatic rings. The van der Waals surface area contributed by atoms with Gasteiger partial charge in [-0.05, 0) is 81.0 Å². The molecule has 32 heavy (non-hydrogen) atoms. The molecule has 2 fully saturated rings. The van der Waals surface area contributed by atoms with Crippen molar-refractivity contribution < 1.29 is 9.59 Å². The fourth-order valence-electron chi connectivity index (χ4n) is 4.53. The lowest BCUT2D eigenvalue weighted by atomic mass is 10.1. The van der Waals surface area contributed by atoms with Crippen molar-refractivity contribution in [2.24, 2.45) is 5.73 Å². The number of rotatable bonds is 7. The summed E-state index contributed by atoms with van der Waals surface area (Å²) in [6.07, 6.45) is 7.33. The van der Waals surface area contributed by atoms with Crippen molar-refractivity contribution >= 4 is 34.6 Å². The fourth-order valence-corrected chi connectivity index (χ4v) is 4.53. The molecule has 0 saturated carbocycles. The summed E-state index contributed by atoms with van der Waals surface area (Å²) in [5.74, 6) is -0.675. The minimum atomic E-state index is -0.500. The predicted molar refractivity (Wildman–Crippen MR) is 131 cm³/mol. The maximum absolute atomic E-state index is 12.5. The number of anilines is 4. The monoisotopic (exact) mass is 435 g/mol. The van der Waals surface area contributed by atoms with Gasteiger partial charge in [0.25, 0.3) is 5.91 Å². The van der Waals surface area contributed by atoms with E-state index in [0.717, 1.165) is 50.4 Å². The summed E-state index contributed by atoms with van der Waals surface area (Å²) < 4.78 is 0. The van der Waals surface area contributed by atoms with Crippen LogP contribution >= 0.6 is 0 Å². The van der Waals surface area contributed by atoms with E-state index < -0.39 is 5.91 Å². The maximum Gasteiger partial charge on any atom is 0.250 e. The Morgan fingerprint density at radius 1 is 0.781 bits per heavy atom. The molecular weight excluding hydrogens is 402 g/mol. The van der Waals surface area contributed by atoms with Crippen LogP contribution in [-0.2, 0) is 4.79 Å². The lowest BCUT2D eigenvalue weighted by Crippen LogP contribution is -2.30. The van der Waals surface area contributed by atoms with E-state index in [1.165, 1.54) is 31.4 Å². The van der Waals surface area contributed by atoms with Crippen molar-refractivity contribution in [1.82, 2.24) is 0 Å². The molecule has 0 atom stereocenters. The van der Waals surface area contributed by atoms with Crippen molar-refractivity contribution in [3.8, 4) is 0 Å². The Balaban J connectivity index is 1.34. The molecule has 4 N–H and O–H groups in total. The first-order valence-corrected chi connectivity index (χ1v) is 11.7. The number of carbonyl (C=O) groups is 2. The molecule has 2 heterocycles. The molecule has 0 bridgehead atoms. The lowest BCUT2D eigenvalue weighted by molar-refractivity contribution is -0.114. The van der Waals surface area contributed by atoms with Gasteiger partial charge < -0.3 is 26.2 Å². The second-order valence-electron chi connectivity index (χ2n) is 8.64. The maximum atomic E-state index is 12.5. The molecule has 2 aliphatic heterocycles. The zero-order valence-corrected chi connectivity index (χ0v) is 18.6. The van der Waals surface area contributed by atoms with Gasteiger partial charge >= 0.3 is 0 Å². The van der Waals surface area contributed by atoms with Crippen molar-refractivity contribution in [2.45, 2.75) is 38.5 Å². The molecule has 0 spiro atoms. The van der Waals surface area contributed by atoms with Gasteiger partial charge in [0.1, 0.15) is 0 Å². The SMILES string of the molecule is NC(=O)c1cc(N2CCCCC2)ccc1NCC(=O)Nc1ccc(N2CCCCC2)cc1. The smallest absolute Gasteiger partial charge is 0.250 e. The number of amides is 2. The summed E-state index contributed by atoms with van der Waals surface area (Å²) in [4.78, 5) is 29.1. The topological polar surface area (TPSA) is 90.7 Å². The first kappa shape index (κ1) is 22.0. The lowest BCUT2D eigenvalue weighted by Gasteiger charge is -2.29. The highest BCUT2D eigenvalue weighted by Gasteiger charge is 2.16. The first-order chi connectivity index (χ1) is 15.6. The molecule has 0 aromatic heterocycles. The Bertz CT molecular complexity index is 932. The minimum absolute atomic E-state index is 0.0528. The fraction of sp³-hybridized carbons (Fsp3) is 0.440. The molecular formula is C25H33N5O2. The molecule has 170 valence electrons. The number of nitrogens with one attached hydrogen (secondary N) is 2. The summed E-state index contributed by atoms with van der Waals surface area (Å²) in [5.41, 5.74) is 9.56. The molecule has 7 heteroatoms. The van der Waals surface area contributed by atoms with Gasteiger partial charge in [-0.1, -0.05) is 0 Å². The average Bonchev–Trinajstić information content (AvgIpc) is 2.84. The highest BCUT2D eigenvalue weighted by Crippen LogP contribution is 2.26. The van der Waals surface area contributed by atoms with Gasteiger partial charge in [-0.2, -0.15) is 0 Å². The Hall–Kier alpha value is -3.22. The van der Waals surface area contributed by atoms with E-state index in [0.29, 0.717) is 11.3 Å². The van der Waals surface area contributed by atoms with Crippen molar-refractivity contribution in [3.05, 3.63) is 48.0 Å². The Morgan fingerprint density at radius 3 is 1.94 bits per heavy atom. The van der Waals surface area contributed by atoms with Crippen LogP contribution in [0.1, 0.15) is 48.9 Å². The number of carbonyl (C=O) groups excluding carboxylic acids is 2. The molecule has 2 aromatic rings. The van der Waals surface area contributed by atoms with Gasteiger partial charge in [-0.25, -0.2) is 0 Å². The quantitative estimate of drug-likeness (QED) is 0.615. The van der Waals surface area contributed by atoms with E-state index in [4.69, 9.17) is 5.73 Å². The highest BCUT2D eigenvalue weighted by atomic mass is 16.2. The largest absolute Gasteiger partial charge is 0.375 e. The van der Waals surface area contributed by atoms with E-state index in [-0.39, 0.29) is 12.5 Å². The Morgan fingerprint density at radius 2 is 1.34 bits per heavy atom. The second kappa shape index (κ2) is 10.4. The van der Waals surface area contributed by atoms with Crippen LogP contribution in [0.2, 0.25) is 0 Å². The third-order valence-corrected chi connectivity index (χ3v) is 6.30. The molecule has 0 radical (unpaired) electrons. The summed E-state index contributed by atoms with van der Waals surface area (Å²) >= 11 is 0. The summed E-state index contributed by atoms with van der Waals surface area (Å²) in [5, 5.41) is 5.98. The summed E-state index contributed by atoms with van der Waals surface area (Å²) in [7, 11) is 0. The second-order valence-corrected chi connectivity index (χ2v) is 8.64. The van der Waals surface area contributed by atoms with E-state index in [9.17, 15) is 9.59 Å². The van der Waals surface area contributed by atoms with Crippen LogP contribution in [0.25, 0.3) is 0 Å². The molecule has 2 amide bonds. The average molecular weight is 436 g/mol. The number of benzene rings is 2. The van der Waals surface area contributed by atoms with Crippen LogP contribution < -0.4 is 26.2 Å². The van der Waals surface area contributed by atoms with Gasteiger partial charge in [0.05, 0.1) is 12.1 Å². The van der Waals surface area contributed by atoms with E-state index in [1.54, 1.807) is 0 Å². The van der Waals surface area contributed by atoms with Gasteiger partial charge in [-0.15, -0.1) is 0 Å². The molecule has 0 unspecified atom stereocenters. The van der Waals surface area contributed by atoms with Crippen molar-refractivity contribution in [3.63, 3.8) is 0 Å². The van der Waals surface area contributed by atoms with E-state index in [2.05, 4.69) is 32.6 Å². The zero-order chi connectivity index (χ0) is 22.3. The number of hydrogen-bond acceptors (Lipinski definition) is 5. The Kier molecular flexibility index (Phi) is 7.14. The Labute approximate surface area is 190 Å². The van der Waals surface area contributed by atoms with Gasteiger partial charge in [-0.3, -0.25) is 9.59 Å². The normalized spacial score (nSPS) is 16.5. The van der Waals surface area contributed by atoms with Crippen LogP contribution in [0.4, 0.5) is 22.7 Å². The highest BCUT2D eigenvalue weighted by molar-refractivity contribution is 6.01. The third kappa shape index (κ3) is 5.52. The van der Waals surface area contributed by atoms with Gasteiger partial charge in [0.2, 0.25) is 5.91 Å². The summed E-state index contributed by atoms with van der Waals surface area (Å²) in [6.45, 7) is 4.22. The number of nitrogens with two attached hydrogens (primary N) is 1. The standard InChI is InChI=1S/C25H33N5O2/c26-25(32)22-17-21(30-15-5-2-6-16-30)11-12-23(22)27-18-24(31)28-19-7-9-20(10-8-19)29-13-3-1-4-14-29/h7-12,17,27H,1-6,13-16,18H2,(H2,26,32)(H,28,31). The number of piperidine rings is 2. The van der Waals surface area contributed by atoms with Gasteiger partial charge in [0, 0.05) is 48.9 Å². The van der Waals surface area contributed by atoms with Crippen molar-refractivity contribution in [1.29, 1.82) is 0 Å². The van der Waals surface area contributed by atoms with E-state index >= 15 is 0 Å². The minimum Gasteiger partial charge on any atom is -0.375 e. The van der Waals surface area contributed by atoms with E-state index in [1.807, 2.05) is 30.3 Å². The molecule has 0 aliphatic carbocycles.